The maximum Gasteiger partial charge on any atom is 0.253 e. The number of benzene rings is 1. The lowest BCUT2D eigenvalue weighted by molar-refractivity contribution is 0.0784. The SMILES string of the molecule is NC1CC[C@@H]2CN(C(=O)c3ccccc3)C[C@@H]2C1. The third-order valence-corrected chi connectivity index (χ3v) is 4.40. The van der Waals surface area contributed by atoms with E-state index in [1.54, 1.807) is 0 Å². The molecule has 1 unspecified atom stereocenters. The number of fused-ring (bicyclic) bond motifs is 1. The average Bonchev–Trinajstić information content (AvgIpc) is 2.81. The van der Waals surface area contributed by atoms with Gasteiger partial charge < -0.3 is 10.6 Å². The van der Waals surface area contributed by atoms with Gasteiger partial charge in [0.05, 0.1) is 0 Å². The molecule has 3 heteroatoms. The number of carbonyl (C=O) groups excluding carboxylic acids is 1. The Kier molecular flexibility index (Phi) is 3.08. The number of nitrogens with two attached hydrogens (primary N) is 1. The Balaban J connectivity index is 1.70. The fraction of sp³-hybridized carbons (Fsp3) is 0.533. The van der Waals surface area contributed by atoms with Gasteiger partial charge in [0.1, 0.15) is 0 Å². The van der Waals surface area contributed by atoms with Crippen LogP contribution in [0.3, 0.4) is 0 Å². The first-order valence-electron chi connectivity index (χ1n) is 6.84. The molecule has 0 aromatic heterocycles. The molecule has 1 aliphatic heterocycles. The lowest BCUT2D eigenvalue weighted by Crippen LogP contribution is -2.32. The maximum atomic E-state index is 12.4. The highest BCUT2D eigenvalue weighted by molar-refractivity contribution is 5.94. The molecule has 3 nitrogen and oxygen atoms in total. The van der Waals surface area contributed by atoms with E-state index in [2.05, 4.69) is 0 Å². The molecule has 0 spiro atoms. The van der Waals surface area contributed by atoms with Gasteiger partial charge in [-0.3, -0.25) is 4.79 Å². The normalized spacial score (nSPS) is 31.2. The van der Waals surface area contributed by atoms with Gasteiger partial charge in [-0.25, -0.2) is 0 Å². The number of nitrogens with zero attached hydrogens (tertiary/aromatic N) is 1. The van der Waals surface area contributed by atoms with Crippen LogP contribution in [0, 0.1) is 11.8 Å². The van der Waals surface area contributed by atoms with Gasteiger partial charge in [-0.1, -0.05) is 18.2 Å². The average molecular weight is 244 g/mol. The second kappa shape index (κ2) is 4.73. The van der Waals surface area contributed by atoms with E-state index in [-0.39, 0.29) is 5.91 Å². The Labute approximate surface area is 108 Å². The van der Waals surface area contributed by atoms with Crippen LogP contribution in [0.15, 0.2) is 30.3 Å². The van der Waals surface area contributed by atoms with Crippen LogP contribution in [-0.4, -0.2) is 29.9 Å². The summed E-state index contributed by atoms with van der Waals surface area (Å²) in [6.45, 7) is 1.82. The van der Waals surface area contributed by atoms with E-state index in [4.69, 9.17) is 5.73 Å². The molecule has 0 bridgehead atoms. The van der Waals surface area contributed by atoms with Crippen molar-refractivity contribution in [3.63, 3.8) is 0 Å². The molecule has 1 heterocycles. The molecule has 1 aliphatic carbocycles. The summed E-state index contributed by atoms with van der Waals surface area (Å²) in [5.74, 6) is 1.48. The Bertz CT molecular complexity index is 431. The number of amides is 1. The van der Waals surface area contributed by atoms with Gasteiger partial charge in [0.25, 0.3) is 5.91 Å². The van der Waals surface area contributed by atoms with Gasteiger partial charge in [-0.15, -0.1) is 0 Å². The van der Waals surface area contributed by atoms with E-state index in [9.17, 15) is 4.79 Å². The first-order chi connectivity index (χ1) is 8.74. The van der Waals surface area contributed by atoms with Crippen molar-refractivity contribution in [3.8, 4) is 0 Å². The van der Waals surface area contributed by atoms with Crippen LogP contribution in [0.4, 0.5) is 0 Å². The number of hydrogen-bond acceptors (Lipinski definition) is 2. The number of hydrogen-bond donors (Lipinski definition) is 1. The van der Waals surface area contributed by atoms with E-state index in [0.29, 0.717) is 17.9 Å². The molecule has 1 saturated carbocycles. The topological polar surface area (TPSA) is 46.3 Å². The highest BCUT2D eigenvalue weighted by Gasteiger charge is 2.38. The van der Waals surface area contributed by atoms with Crippen molar-refractivity contribution in [3.05, 3.63) is 35.9 Å². The van der Waals surface area contributed by atoms with E-state index in [0.717, 1.165) is 31.5 Å². The van der Waals surface area contributed by atoms with Crippen molar-refractivity contribution in [2.24, 2.45) is 17.6 Å². The zero-order valence-electron chi connectivity index (χ0n) is 10.6. The fourth-order valence-electron chi connectivity index (χ4n) is 3.40. The van der Waals surface area contributed by atoms with Gasteiger partial charge in [-0.05, 0) is 43.2 Å². The fourth-order valence-corrected chi connectivity index (χ4v) is 3.40. The number of carbonyl (C=O) groups is 1. The minimum atomic E-state index is 0.179. The Hall–Kier alpha value is -1.35. The number of likely N-dealkylation sites (tertiary alicyclic amines) is 1. The predicted octanol–water partition coefficient (Wildman–Crippen LogP) is 1.89. The van der Waals surface area contributed by atoms with Gasteiger partial charge in [0.2, 0.25) is 0 Å². The van der Waals surface area contributed by atoms with Gasteiger partial charge in [0.15, 0.2) is 0 Å². The number of rotatable bonds is 1. The van der Waals surface area contributed by atoms with Crippen LogP contribution in [0.1, 0.15) is 29.6 Å². The van der Waals surface area contributed by atoms with Gasteiger partial charge >= 0.3 is 0 Å². The van der Waals surface area contributed by atoms with E-state index in [1.165, 1.54) is 6.42 Å². The zero-order valence-corrected chi connectivity index (χ0v) is 10.6. The van der Waals surface area contributed by atoms with Gasteiger partial charge in [-0.2, -0.15) is 0 Å². The lowest BCUT2D eigenvalue weighted by atomic mass is 9.79. The Morgan fingerprint density at radius 1 is 1.11 bits per heavy atom. The second-order valence-electron chi connectivity index (χ2n) is 5.67. The monoisotopic (exact) mass is 244 g/mol. The third kappa shape index (κ3) is 2.15. The summed E-state index contributed by atoms with van der Waals surface area (Å²) in [7, 11) is 0. The molecule has 1 aromatic carbocycles. The molecule has 96 valence electrons. The minimum absolute atomic E-state index is 0.179. The summed E-state index contributed by atoms with van der Waals surface area (Å²) in [6.07, 6.45) is 3.39. The summed E-state index contributed by atoms with van der Waals surface area (Å²) >= 11 is 0. The molecule has 1 aromatic rings. The van der Waals surface area contributed by atoms with Crippen molar-refractivity contribution in [1.29, 1.82) is 0 Å². The minimum Gasteiger partial charge on any atom is -0.338 e. The van der Waals surface area contributed by atoms with E-state index in [1.807, 2.05) is 35.2 Å². The first-order valence-corrected chi connectivity index (χ1v) is 6.84. The molecule has 18 heavy (non-hydrogen) atoms. The molecule has 1 saturated heterocycles. The molecule has 2 aliphatic rings. The second-order valence-corrected chi connectivity index (χ2v) is 5.67. The van der Waals surface area contributed by atoms with E-state index < -0.39 is 0 Å². The third-order valence-electron chi connectivity index (χ3n) is 4.40. The highest BCUT2D eigenvalue weighted by atomic mass is 16.2. The van der Waals surface area contributed by atoms with Crippen LogP contribution in [0.5, 0.6) is 0 Å². The molecule has 1 amide bonds. The van der Waals surface area contributed by atoms with Crippen LogP contribution < -0.4 is 5.73 Å². The highest BCUT2D eigenvalue weighted by Crippen LogP contribution is 2.36. The van der Waals surface area contributed by atoms with Crippen LogP contribution in [0.2, 0.25) is 0 Å². The van der Waals surface area contributed by atoms with Crippen molar-refractivity contribution in [2.75, 3.05) is 13.1 Å². The van der Waals surface area contributed by atoms with Crippen LogP contribution >= 0.6 is 0 Å². The molecule has 2 fully saturated rings. The molecular weight excluding hydrogens is 224 g/mol. The van der Waals surface area contributed by atoms with Crippen LogP contribution in [0.25, 0.3) is 0 Å². The standard InChI is InChI=1S/C15H20N2O/c16-14-7-6-12-9-17(10-13(12)8-14)15(18)11-4-2-1-3-5-11/h1-5,12-14H,6-10,16H2/t12-,13+,14?/m1/s1. The molecule has 0 radical (unpaired) electrons. The molecular formula is C15H20N2O. The van der Waals surface area contributed by atoms with Crippen molar-refractivity contribution in [1.82, 2.24) is 4.90 Å². The smallest absolute Gasteiger partial charge is 0.253 e. The summed E-state index contributed by atoms with van der Waals surface area (Å²) in [5, 5.41) is 0. The lowest BCUT2D eigenvalue weighted by Gasteiger charge is -2.27. The summed E-state index contributed by atoms with van der Waals surface area (Å²) in [6, 6.07) is 9.93. The first kappa shape index (κ1) is 11.7. The van der Waals surface area contributed by atoms with Crippen molar-refractivity contribution >= 4 is 5.91 Å². The predicted molar refractivity (Wildman–Crippen MR) is 71.2 cm³/mol. The van der Waals surface area contributed by atoms with Crippen LogP contribution in [-0.2, 0) is 0 Å². The molecule has 2 N–H and O–H groups in total. The molecule has 3 atom stereocenters. The Morgan fingerprint density at radius 3 is 2.61 bits per heavy atom. The van der Waals surface area contributed by atoms with Crippen molar-refractivity contribution in [2.45, 2.75) is 25.3 Å². The Morgan fingerprint density at radius 2 is 1.83 bits per heavy atom. The summed E-state index contributed by atoms with van der Waals surface area (Å²) in [4.78, 5) is 14.4. The zero-order chi connectivity index (χ0) is 12.5. The van der Waals surface area contributed by atoms with Crippen molar-refractivity contribution < 1.29 is 4.79 Å². The largest absolute Gasteiger partial charge is 0.338 e. The molecule has 3 rings (SSSR count). The summed E-state index contributed by atoms with van der Waals surface area (Å²) in [5.41, 5.74) is 6.83. The quantitative estimate of drug-likeness (QED) is 0.820. The maximum absolute atomic E-state index is 12.4. The summed E-state index contributed by atoms with van der Waals surface area (Å²) < 4.78 is 0. The van der Waals surface area contributed by atoms with Gasteiger partial charge in [0, 0.05) is 24.7 Å². The van der Waals surface area contributed by atoms with E-state index >= 15 is 0 Å².